The topological polar surface area (TPSA) is 53.3 Å². The molecule has 1 aliphatic heterocycles. The smallest absolute Gasteiger partial charge is 0.410 e. The second kappa shape index (κ2) is 6.39. The Balaban J connectivity index is 1.99. The van der Waals surface area contributed by atoms with Crippen LogP contribution in [-0.2, 0) is 0 Å². The molecule has 4 heteroatoms. The maximum absolute atomic E-state index is 12.2. The van der Waals surface area contributed by atoms with E-state index in [1.807, 2.05) is 18.2 Å². The molecule has 1 aromatic carbocycles. The molecule has 0 radical (unpaired) electrons. The molecular weight excluding hydrogens is 276 g/mol. The van der Waals surface area contributed by atoms with E-state index in [0.29, 0.717) is 25.3 Å². The largest absolute Gasteiger partial charge is 0.415 e. The van der Waals surface area contributed by atoms with Gasteiger partial charge in [-0.2, -0.15) is 5.26 Å². The molecule has 0 spiro atoms. The summed E-state index contributed by atoms with van der Waals surface area (Å²) in [5.41, 5.74) is 0.0312. The highest BCUT2D eigenvalue weighted by Crippen LogP contribution is 2.49. The fraction of sp³-hybridized carbons (Fsp3) is 0.556. The summed E-state index contributed by atoms with van der Waals surface area (Å²) in [6.07, 6.45) is 1.92. The van der Waals surface area contributed by atoms with Gasteiger partial charge in [-0.3, -0.25) is 0 Å². The summed E-state index contributed by atoms with van der Waals surface area (Å²) in [6.45, 7) is 7.84. The van der Waals surface area contributed by atoms with E-state index in [-0.39, 0.29) is 16.9 Å². The number of para-hydroxylation sites is 1. The lowest BCUT2D eigenvalue weighted by Crippen LogP contribution is -2.49. The lowest BCUT2D eigenvalue weighted by molar-refractivity contribution is 0.0143. The first-order valence-electron chi connectivity index (χ1n) is 7.77. The summed E-state index contributed by atoms with van der Waals surface area (Å²) in [6, 6.07) is 11.5. The van der Waals surface area contributed by atoms with E-state index in [9.17, 15) is 4.79 Å². The van der Waals surface area contributed by atoms with Crippen molar-refractivity contribution in [3.8, 4) is 11.8 Å². The predicted molar refractivity (Wildman–Crippen MR) is 85.4 cm³/mol. The van der Waals surface area contributed by atoms with Crippen LogP contribution in [0.5, 0.6) is 5.75 Å². The minimum atomic E-state index is -0.300. The van der Waals surface area contributed by atoms with Crippen molar-refractivity contribution < 1.29 is 9.53 Å². The van der Waals surface area contributed by atoms with Gasteiger partial charge in [-0.25, -0.2) is 4.79 Å². The van der Waals surface area contributed by atoms with Gasteiger partial charge >= 0.3 is 6.09 Å². The van der Waals surface area contributed by atoms with Crippen LogP contribution in [-0.4, -0.2) is 24.1 Å². The molecule has 0 aromatic heterocycles. The van der Waals surface area contributed by atoms with Gasteiger partial charge in [0.1, 0.15) is 5.75 Å². The van der Waals surface area contributed by atoms with Crippen molar-refractivity contribution in [1.82, 2.24) is 4.90 Å². The van der Waals surface area contributed by atoms with Gasteiger partial charge in [0, 0.05) is 19.5 Å². The van der Waals surface area contributed by atoms with Gasteiger partial charge in [-0.05, 0) is 35.8 Å². The van der Waals surface area contributed by atoms with Gasteiger partial charge in [0.25, 0.3) is 0 Å². The van der Waals surface area contributed by atoms with Crippen molar-refractivity contribution in [3.05, 3.63) is 30.3 Å². The molecule has 0 N–H and O–H groups in total. The Bertz CT molecular complexity index is 547. The Morgan fingerprint density at radius 1 is 1.27 bits per heavy atom. The van der Waals surface area contributed by atoms with Crippen LogP contribution >= 0.6 is 0 Å². The van der Waals surface area contributed by atoms with Gasteiger partial charge in [0.15, 0.2) is 0 Å². The number of amides is 1. The Hall–Kier alpha value is -2.02. The van der Waals surface area contributed by atoms with Crippen LogP contribution < -0.4 is 4.74 Å². The SMILES string of the molecule is CC(C)(C)C1(CC#N)CCN(C(=O)Oc2ccccc2)CC1. The molecule has 1 aliphatic rings. The zero-order valence-electron chi connectivity index (χ0n) is 13.6. The van der Waals surface area contributed by atoms with Crippen molar-refractivity contribution in [2.45, 2.75) is 40.0 Å². The van der Waals surface area contributed by atoms with Gasteiger partial charge < -0.3 is 9.64 Å². The lowest BCUT2D eigenvalue weighted by Gasteiger charge is -2.48. The normalized spacial score (nSPS) is 17.6. The number of hydrogen-bond acceptors (Lipinski definition) is 3. The van der Waals surface area contributed by atoms with Crippen LogP contribution in [0.1, 0.15) is 40.0 Å². The fourth-order valence-corrected chi connectivity index (χ4v) is 3.11. The first-order chi connectivity index (χ1) is 10.4. The summed E-state index contributed by atoms with van der Waals surface area (Å²) < 4.78 is 5.39. The molecule has 0 saturated carbocycles. The third-order valence-corrected chi connectivity index (χ3v) is 4.94. The van der Waals surface area contributed by atoms with E-state index in [1.165, 1.54) is 0 Å². The van der Waals surface area contributed by atoms with Crippen molar-refractivity contribution in [3.63, 3.8) is 0 Å². The van der Waals surface area contributed by atoms with E-state index in [1.54, 1.807) is 17.0 Å². The molecule has 1 fully saturated rings. The van der Waals surface area contributed by atoms with E-state index in [4.69, 9.17) is 10.00 Å². The average molecular weight is 300 g/mol. The van der Waals surface area contributed by atoms with Crippen molar-refractivity contribution in [2.75, 3.05) is 13.1 Å². The van der Waals surface area contributed by atoms with Crippen LogP contribution in [0.4, 0.5) is 4.79 Å². The Kier molecular flexibility index (Phi) is 4.75. The molecule has 0 bridgehead atoms. The number of carbonyl (C=O) groups excluding carboxylic acids is 1. The molecule has 1 saturated heterocycles. The number of likely N-dealkylation sites (tertiary alicyclic amines) is 1. The van der Waals surface area contributed by atoms with E-state index in [0.717, 1.165) is 12.8 Å². The second-order valence-corrected chi connectivity index (χ2v) is 7.03. The number of hydrogen-bond donors (Lipinski definition) is 0. The molecule has 0 aliphatic carbocycles. The van der Waals surface area contributed by atoms with Crippen LogP contribution in [0, 0.1) is 22.2 Å². The van der Waals surface area contributed by atoms with E-state index in [2.05, 4.69) is 26.8 Å². The fourth-order valence-electron chi connectivity index (χ4n) is 3.11. The minimum Gasteiger partial charge on any atom is -0.410 e. The molecule has 2 rings (SSSR count). The number of nitrogens with zero attached hydrogens (tertiary/aromatic N) is 2. The first-order valence-corrected chi connectivity index (χ1v) is 7.77. The summed E-state index contributed by atoms with van der Waals surface area (Å²) in [7, 11) is 0. The molecule has 22 heavy (non-hydrogen) atoms. The van der Waals surface area contributed by atoms with Crippen LogP contribution in [0.2, 0.25) is 0 Å². The van der Waals surface area contributed by atoms with Gasteiger partial charge in [-0.1, -0.05) is 39.0 Å². The standard InChI is InChI=1S/C18H24N2O2/c1-17(2,3)18(9-12-19)10-13-20(14-11-18)16(21)22-15-7-5-4-6-8-15/h4-8H,9-11,13-14H2,1-3H3. The molecule has 1 amide bonds. The van der Waals surface area contributed by atoms with Crippen LogP contribution in [0.25, 0.3) is 0 Å². The highest BCUT2D eigenvalue weighted by Gasteiger charge is 2.44. The molecule has 4 nitrogen and oxygen atoms in total. The summed E-state index contributed by atoms with van der Waals surface area (Å²) in [4.78, 5) is 14.0. The second-order valence-electron chi connectivity index (χ2n) is 7.03. The molecule has 0 atom stereocenters. The zero-order chi connectivity index (χ0) is 16.2. The first kappa shape index (κ1) is 16.4. The highest BCUT2D eigenvalue weighted by molar-refractivity contribution is 5.70. The average Bonchev–Trinajstić information content (AvgIpc) is 2.48. The quantitative estimate of drug-likeness (QED) is 0.821. The maximum atomic E-state index is 12.2. The Labute approximate surface area is 132 Å². The van der Waals surface area contributed by atoms with Crippen molar-refractivity contribution >= 4 is 6.09 Å². The monoisotopic (exact) mass is 300 g/mol. The van der Waals surface area contributed by atoms with Crippen molar-refractivity contribution in [2.24, 2.45) is 10.8 Å². The zero-order valence-corrected chi connectivity index (χ0v) is 13.6. The molecular formula is C18H24N2O2. The Morgan fingerprint density at radius 3 is 2.36 bits per heavy atom. The maximum Gasteiger partial charge on any atom is 0.415 e. The van der Waals surface area contributed by atoms with Crippen LogP contribution in [0.3, 0.4) is 0 Å². The third-order valence-electron chi connectivity index (χ3n) is 4.94. The minimum absolute atomic E-state index is 0.0225. The van der Waals surface area contributed by atoms with Gasteiger partial charge in [0.2, 0.25) is 0 Å². The highest BCUT2D eigenvalue weighted by atomic mass is 16.6. The van der Waals surface area contributed by atoms with Gasteiger partial charge in [-0.15, -0.1) is 0 Å². The summed E-state index contributed by atoms with van der Waals surface area (Å²) in [5.74, 6) is 0.567. The summed E-state index contributed by atoms with van der Waals surface area (Å²) in [5, 5.41) is 9.16. The van der Waals surface area contributed by atoms with Gasteiger partial charge in [0.05, 0.1) is 6.07 Å². The number of carbonyl (C=O) groups is 1. The number of piperidine rings is 1. The van der Waals surface area contributed by atoms with E-state index < -0.39 is 0 Å². The number of benzene rings is 1. The van der Waals surface area contributed by atoms with Crippen LogP contribution in [0.15, 0.2) is 30.3 Å². The lowest BCUT2D eigenvalue weighted by atomic mass is 9.60. The van der Waals surface area contributed by atoms with Crippen molar-refractivity contribution in [1.29, 1.82) is 5.26 Å². The number of ether oxygens (including phenoxy) is 1. The number of nitriles is 1. The molecule has 1 heterocycles. The summed E-state index contributed by atoms with van der Waals surface area (Å²) >= 11 is 0. The molecule has 118 valence electrons. The third kappa shape index (κ3) is 3.41. The number of rotatable bonds is 2. The Morgan fingerprint density at radius 2 is 1.86 bits per heavy atom. The predicted octanol–water partition coefficient (Wildman–Crippen LogP) is 4.23. The van der Waals surface area contributed by atoms with E-state index >= 15 is 0 Å². The molecule has 1 aromatic rings. The molecule has 0 unspecified atom stereocenters.